The molecule has 184 valence electrons. The van der Waals surface area contributed by atoms with Gasteiger partial charge in [0, 0.05) is 12.7 Å². The van der Waals surface area contributed by atoms with Crippen LogP contribution in [-0.2, 0) is 30.8 Å². The quantitative estimate of drug-likeness (QED) is 0.598. The molecule has 0 saturated carbocycles. The molecule has 2 saturated heterocycles. The van der Waals surface area contributed by atoms with Crippen LogP contribution in [0.25, 0.3) is 0 Å². The number of rotatable bonds is 6. The van der Waals surface area contributed by atoms with Crippen molar-refractivity contribution in [2.75, 3.05) is 19.8 Å². The summed E-state index contributed by atoms with van der Waals surface area (Å²) in [7, 11) is -4.10. The van der Waals surface area contributed by atoms with Crippen molar-refractivity contribution in [3.05, 3.63) is 54.4 Å². The normalized spacial score (nSPS) is 26.2. The molecule has 2 aliphatic rings. The van der Waals surface area contributed by atoms with E-state index in [9.17, 15) is 22.7 Å². The Morgan fingerprint density at radius 2 is 2.12 bits per heavy atom. The summed E-state index contributed by atoms with van der Waals surface area (Å²) in [6.45, 7) is 0.0655. The van der Waals surface area contributed by atoms with E-state index in [0.29, 0.717) is 18.5 Å². The van der Waals surface area contributed by atoms with Gasteiger partial charge in [-0.05, 0) is 37.1 Å². The average Bonchev–Trinajstić information content (AvgIpc) is 2.81. The van der Waals surface area contributed by atoms with Gasteiger partial charge in [-0.25, -0.2) is 22.8 Å². The van der Waals surface area contributed by atoms with Crippen molar-refractivity contribution in [2.45, 2.75) is 55.1 Å². The summed E-state index contributed by atoms with van der Waals surface area (Å²) in [6, 6.07) is 5.86. The zero-order valence-electron chi connectivity index (χ0n) is 18.4. The van der Waals surface area contributed by atoms with E-state index in [0.717, 1.165) is 6.07 Å². The van der Waals surface area contributed by atoms with Gasteiger partial charge in [0.25, 0.3) is 0 Å². The van der Waals surface area contributed by atoms with Crippen LogP contribution in [0.3, 0.4) is 0 Å². The highest BCUT2D eigenvalue weighted by Crippen LogP contribution is 2.31. The summed E-state index contributed by atoms with van der Waals surface area (Å²) in [5, 5.41) is 13.0. The number of aromatic nitrogens is 2. The molecule has 0 radical (unpaired) electrons. The number of aliphatic hydroxyl groups excluding tert-OH is 1. The number of hydrogen-bond acceptors (Lipinski definition) is 8. The molecule has 4 rings (SSSR count). The van der Waals surface area contributed by atoms with E-state index in [2.05, 4.69) is 15.3 Å². The van der Waals surface area contributed by atoms with Crippen LogP contribution in [0.15, 0.2) is 47.8 Å². The highest BCUT2D eigenvalue weighted by Gasteiger charge is 2.43. The van der Waals surface area contributed by atoms with Crippen LogP contribution in [-0.4, -0.2) is 77.8 Å². The average molecular weight is 495 g/mol. The molecule has 3 heterocycles. The Morgan fingerprint density at radius 1 is 1.26 bits per heavy atom. The van der Waals surface area contributed by atoms with Gasteiger partial charge < -0.3 is 19.9 Å². The molecule has 1 aromatic carbocycles. The fourth-order valence-corrected chi connectivity index (χ4v) is 5.97. The number of amides is 1. The highest BCUT2D eigenvalue weighted by atomic mass is 32.2. The number of β-amino-alcohol motifs (C(OH)–C–C–N with tert-alkyl or cyclic N) is 1. The molecule has 34 heavy (non-hydrogen) atoms. The first-order valence-corrected chi connectivity index (χ1v) is 12.5. The maximum atomic E-state index is 13.7. The lowest BCUT2D eigenvalue weighted by Gasteiger charge is -2.43. The molecule has 10 nitrogen and oxygen atoms in total. The van der Waals surface area contributed by atoms with E-state index < -0.39 is 40.2 Å². The molecule has 2 aromatic rings. The molecule has 0 unspecified atom stereocenters. The third-order valence-corrected chi connectivity index (χ3v) is 7.75. The monoisotopic (exact) mass is 494 g/mol. The number of ether oxygens (including phenoxy) is 2. The Morgan fingerprint density at radius 3 is 2.88 bits per heavy atom. The first kappa shape index (κ1) is 24.6. The van der Waals surface area contributed by atoms with Crippen molar-refractivity contribution in [3.63, 3.8) is 0 Å². The van der Waals surface area contributed by atoms with Gasteiger partial charge in [-0.15, -0.1) is 0 Å². The Balaban J connectivity index is 1.44. The predicted octanol–water partition coefficient (Wildman–Crippen LogP) is 0.620. The minimum Gasteiger partial charge on any atom is -0.389 e. The summed E-state index contributed by atoms with van der Waals surface area (Å²) < 4.78 is 53.3. The Hall–Kier alpha value is -2.51. The second-order valence-electron chi connectivity index (χ2n) is 8.35. The van der Waals surface area contributed by atoms with Gasteiger partial charge in [0.1, 0.15) is 12.1 Å². The number of aliphatic hydroxyl groups is 1. The second-order valence-corrected chi connectivity index (χ2v) is 10.2. The zero-order chi connectivity index (χ0) is 24.1. The van der Waals surface area contributed by atoms with Gasteiger partial charge >= 0.3 is 0 Å². The van der Waals surface area contributed by atoms with Gasteiger partial charge in [0.2, 0.25) is 15.9 Å². The number of carbonyl (C=O) groups is 1. The molecule has 1 amide bonds. The third kappa shape index (κ3) is 5.94. The highest BCUT2D eigenvalue weighted by molar-refractivity contribution is 7.89. The van der Waals surface area contributed by atoms with Gasteiger partial charge in [0.05, 0.1) is 61.1 Å². The maximum Gasteiger partial charge on any atom is 0.243 e. The number of benzene rings is 1. The Kier molecular flexibility index (Phi) is 7.84. The molecule has 2 aliphatic heterocycles. The van der Waals surface area contributed by atoms with E-state index >= 15 is 0 Å². The standard InChI is InChI=1S/C22H27FN4O6S/c23-15-2-1-3-19(8-15)34(30,31)27-11-17(28)12-32-13-21-20(27)5-4-18(33-21)9-22(29)25-10-16-6-7-24-14-26-16/h1-3,6-8,14,17-18,20-21,28H,4-5,9-13H2,(H,25,29)/t17-,18+,20+,21-/m1/s1. The lowest BCUT2D eigenvalue weighted by Crippen LogP contribution is -2.57. The van der Waals surface area contributed by atoms with Crippen molar-refractivity contribution in [1.82, 2.24) is 19.6 Å². The molecule has 0 aliphatic carbocycles. The van der Waals surface area contributed by atoms with Crippen molar-refractivity contribution >= 4 is 15.9 Å². The summed E-state index contributed by atoms with van der Waals surface area (Å²) in [4.78, 5) is 20.1. The van der Waals surface area contributed by atoms with Crippen LogP contribution in [0.2, 0.25) is 0 Å². The molecule has 12 heteroatoms. The van der Waals surface area contributed by atoms with Crippen LogP contribution in [0.4, 0.5) is 4.39 Å². The van der Waals surface area contributed by atoms with Gasteiger partial charge in [0.15, 0.2) is 0 Å². The van der Waals surface area contributed by atoms with Crippen LogP contribution >= 0.6 is 0 Å². The van der Waals surface area contributed by atoms with Crippen molar-refractivity contribution in [3.8, 4) is 0 Å². The second kappa shape index (κ2) is 10.8. The number of halogens is 1. The minimum atomic E-state index is -4.10. The topological polar surface area (TPSA) is 131 Å². The van der Waals surface area contributed by atoms with Gasteiger partial charge in [-0.3, -0.25) is 4.79 Å². The van der Waals surface area contributed by atoms with E-state index in [1.54, 1.807) is 12.3 Å². The molecule has 0 spiro atoms. The van der Waals surface area contributed by atoms with Gasteiger partial charge in [-0.1, -0.05) is 6.07 Å². The van der Waals surface area contributed by atoms with Crippen LogP contribution in [0.1, 0.15) is 25.0 Å². The first-order valence-electron chi connectivity index (χ1n) is 11.0. The molecule has 1 aromatic heterocycles. The van der Waals surface area contributed by atoms with Crippen LogP contribution in [0.5, 0.6) is 0 Å². The van der Waals surface area contributed by atoms with Crippen LogP contribution in [0, 0.1) is 5.82 Å². The smallest absolute Gasteiger partial charge is 0.243 e. The third-order valence-electron chi connectivity index (χ3n) is 5.86. The van der Waals surface area contributed by atoms with Crippen molar-refractivity contribution in [1.29, 1.82) is 0 Å². The number of nitrogens with zero attached hydrogens (tertiary/aromatic N) is 3. The van der Waals surface area contributed by atoms with Gasteiger partial charge in [-0.2, -0.15) is 4.31 Å². The van der Waals surface area contributed by atoms with Crippen LogP contribution < -0.4 is 5.32 Å². The number of sulfonamides is 1. The molecular weight excluding hydrogens is 467 g/mol. The van der Waals surface area contributed by atoms with E-state index in [4.69, 9.17) is 9.47 Å². The molecule has 4 atom stereocenters. The summed E-state index contributed by atoms with van der Waals surface area (Å²) in [6.07, 6.45) is 1.85. The number of hydrogen-bond donors (Lipinski definition) is 2. The molecule has 0 bridgehead atoms. The summed E-state index contributed by atoms with van der Waals surface area (Å²) in [5.41, 5.74) is 0.679. The molecular formula is C22H27FN4O6S. The SMILES string of the molecule is O=C(C[C@@H]1CC[C@H]2[C@@H](COC[C@H](O)CN2S(=O)(=O)c2cccc(F)c2)O1)NCc1ccncn1. The van der Waals surface area contributed by atoms with Crippen molar-refractivity contribution in [2.24, 2.45) is 0 Å². The fourth-order valence-electron chi connectivity index (χ4n) is 4.22. The predicted molar refractivity (Wildman–Crippen MR) is 117 cm³/mol. The Labute approximate surface area is 197 Å². The Bertz CT molecular complexity index is 1090. The lowest BCUT2D eigenvalue weighted by molar-refractivity contribution is -0.146. The number of fused-ring (bicyclic) bond motifs is 1. The van der Waals surface area contributed by atoms with E-state index in [1.165, 1.54) is 28.8 Å². The summed E-state index contributed by atoms with van der Waals surface area (Å²) in [5.74, 6) is -0.880. The first-order chi connectivity index (χ1) is 16.3. The largest absolute Gasteiger partial charge is 0.389 e. The zero-order valence-corrected chi connectivity index (χ0v) is 19.2. The molecule has 2 N–H and O–H groups in total. The lowest BCUT2D eigenvalue weighted by atomic mass is 9.96. The maximum absolute atomic E-state index is 13.7. The fraction of sp³-hybridized carbons (Fsp3) is 0.500. The van der Waals surface area contributed by atoms with Crippen molar-refractivity contribution < 1.29 is 32.2 Å². The van der Waals surface area contributed by atoms with E-state index in [1.807, 2.05) is 0 Å². The minimum absolute atomic E-state index is 0.0637. The summed E-state index contributed by atoms with van der Waals surface area (Å²) >= 11 is 0. The number of nitrogens with one attached hydrogen (secondary N) is 1. The molecule has 2 fully saturated rings. The van der Waals surface area contributed by atoms with E-state index in [-0.39, 0.29) is 43.5 Å². The number of carbonyl (C=O) groups excluding carboxylic acids is 1.